The summed E-state index contributed by atoms with van der Waals surface area (Å²) in [5.41, 5.74) is -0.626. The molecule has 0 aromatic carbocycles. The van der Waals surface area contributed by atoms with Gasteiger partial charge >= 0.3 is 11.9 Å². The molecule has 6 nitrogen and oxygen atoms in total. The SMILES string of the molecule is CCC1C(O)C2C(C)C(=O)OC23CC(C2CC(C)C(=O)O2)N2CCCCC1C23. The fourth-order valence-corrected chi connectivity index (χ4v) is 7.59. The summed E-state index contributed by atoms with van der Waals surface area (Å²) >= 11 is 0. The Labute approximate surface area is 166 Å². The summed E-state index contributed by atoms with van der Waals surface area (Å²) in [5, 5.41) is 11.4. The van der Waals surface area contributed by atoms with Gasteiger partial charge in [0.25, 0.3) is 0 Å². The molecule has 156 valence electrons. The van der Waals surface area contributed by atoms with E-state index in [0.29, 0.717) is 12.3 Å². The van der Waals surface area contributed by atoms with Crippen LogP contribution in [0.5, 0.6) is 0 Å². The van der Waals surface area contributed by atoms with Crippen molar-refractivity contribution in [2.24, 2.45) is 29.6 Å². The van der Waals surface area contributed by atoms with Gasteiger partial charge in [-0.05, 0) is 37.6 Å². The van der Waals surface area contributed by atoms with E-state index in [1.165, 1.54) is 0 Å². The van der Waals surface area contributed by atoms with Crippen LogP contribution in [0.15, 0.2) is 0 Å². The van der Waals surface area contributed by atoms with E-state index >= 15 is 0 Å². The van der Waals surface area contributed by atoms with Crippen molar-refractivity contribution in [2.75, 3.05) is 6.54 Å². The lowest BCUT2D eigenvalue weighted by atomic mass is 9.58. The molecule has 4 saturated heterocycles. The van der Waals surface area contributed by atoms with Crippen LogP contribution >= 0.6 is 0 Å². The van der Waals surface area contributed by atoms with Gasteiger partial charge in [0.1, 0.15) is 11.7 Å². The van der Waals surface area contributed by atoms with Crippen molar-refractivity contribution in [3.05, 3.63) is 0 Å². The first-order valence-electron chi connectivity index (χ1n) is 11.3. The van der Waals surface area contributed by atoms with E-state index in [9.17, 15) is 14.7 Å². The molecule has 1 spiro atoms. The van der Waals surface area contributed by atoms with Crippen LogP contribution in [-0.4, -0.2) is 58.4 Å². The van der Waals surface area contributed by atoms with Crippen LogP contribution in [0, 0.1) is 29.6 Å². The lowest BCUT2D eigenvalue weighted by Gasteiger charge is -2.52. The minimum Gasteiger partial charge on any atom is -0.460 e. The second-order valence-electron chi connectivity index (χ2n) is 9.98. The Bertz CT molecular complexity index is 682. The van der Waals surface area contributed by atoms with Crippen LogP contribution in [0.3, 0.4) is 0 Å². The maximum atomic E-state index is 12.7. The van der Waals surface area contributed by atoms with Crippen molar-refractivity contribution in [3.8, 4) is 0 Å². The smallest absolute Gasteiger partial charge is 0.309 e. The molecule has 0 aromatic heterocycles. The molecule has 0 bridgehead atoms. The minimum absolute atomic E-state index is 0.0669. The van der Waals surface area contributed by atoms with Gasteiger partial charge in [0.2, 0.25) is 0 Å². The molecule has 5 fully saturated rings. The summed E-state index contributed by atoms with van der Waals surface area (Å²) in [4.78, 5) is 27.4. The summed E-state index contributed by atoms with van der Waals surface area (Å²) < 4.78 is 12.0. The third-order valence-electron chi connectivity index (χ3n) is 8.70. The highest BCUT2D eigenvalue weighted by Gasteiger charge is 2.72. The molecule has 28 heavy (non-hydrogen) atoms. The van der Waals surface area contributed by atoms with E-state index in [1.807, 2.05) is 13.8 Å². The van der Waals surface area contributed by atoms with Crippen molar-refractivity contribution in [2.45, 2.75) is 89.2 Å². The van der Waals surface area contributed by atoms with Gasteiger partial charge in [-0.2, -0.15) is 0 Å². The predicted octanol–water partition coefficient (Wildman–Crippen LogP) is 2.13. The largest absolute Gasteiger partial charge is 0.460 e. The highest BCUT2D eigenvalue weighted by molar-refractivity contribution is 5.76. The number of carbonyl (C=O) groups is 2. The van der Waals surface area contributed by atoms with Gasteiger partial charge in [0.05, 0.1) is 30.0 Å². The van der Waals surface area contributed by atoms with Crippen molar-refractivity contribution in [3.63, 3.8) is 0 Å². The molecule has 6 heteroatoms. The van der Waals surface area contributed by atoms with Gasteiger partial charge in [-0.1, -0.05) is 33.6 Å². The van der Waals surface area contributed by atoms with Crippen LogP contribution in [0.4, 0.5) is 0 Å². The van der Waals surface area contributed by atoms with Gasteiger partial charge < -0.3 is 14.6 Å². The standard InChI is InChI=1S/C22H33NO5/c1-4-13-14-7-5-6-8-23-15(16-9-11(2)20(25)27-16)10-22(19(14)23)17(18(13)24)12(3)21(26)28-22/h11-19,24H,4-10H2,1-3H3. The van der Waals surface area contributed by atoms with E-state index in [4.69, 9.17) is 9.47 Å². The van der Waals surface area contributed by atoms with Crippen LogP contribution in [0.1, 0.15) is 59.3 Å². The highest BCUT2D eigenvalue weighted by atomic mass is 16.6. The number of aliphatic hydroxyl groups excluding tert-OH is 1. The fourth-order valence-electron chi connectivity index (χ4n) is 7.59. The molecular formula is C22H33NO5. The maximum absolute atomic E-state index is 12.7. The number of ether oxygens (including phenoxy) is 2. The number of aliphatic hydroxyl groups is 1. The monoisotopic (exact) mass is 391 g/mol. The van der Waals surface area contributed by atoms with Crippen LogP contribution in [0.2, 0.25) is 0 Å². The van der Waals surface area contributed by atoms with E-state index in [1.54, 1.807) is 0 Å². The number of nitrogens with zero attached hydrogens (tertiary/aromatic N) is 1. The third kappa shape index (κ3) is 2.33. The van der Waals surface area contributed by atoms with Crippen LogP contribution < -0.4 is 0 Å². The average molecular weight is 392 g/mol. The molecule has 1 N–H and O–H groups in total. The summed E-state index contributed by atoms with van der Waals surface area (Å²) in [6.45, 7) is 6.97. The van der Waals surface area contributed by atoms with E-state index < -0.39 is 11.7 Å². The zero-order valence-electron chi connectivity index (χ0n) is 17.2. The van der Waals surface area contributed by atoms with Gasteiger partial charge in [-0.25, -0.2) is 0 Å². The number of carbonyl (C=O) groups excluding carboxylic acids is 2. The minimum atomic E-state index is -0.626. The maximum Gasteiger partial charge on any atom is 0.309 e. The van der Waals surface area contributed by atoms with Crippen LogP contribution in [0.25, 0.3) is 0 Å². The molecule has 5 rings (SSSR count). The Balaban J connectivity index is 1.59. The molecule has 10 atom stereocenters. The first-order chi connectivity index (χ1) is 13.4. The van der Waals surface area contributed by atoms with Crippen LogP contribution in [-0.2, 0) is 19.1 Å². The van der Waals surface area contributed by atoms with Crippen molar-refractivity contribution in [1.82, 2.24) is 4.90 Å². The van der Waals surface area contributed by atoms with Gasteiger partial charge in [-0.15, -0.1) is 0 Å². The molecular weight excluding hydrogens is 358 g/mol. The summed E-state index contributed by atoms with van der Waals surface area (Å²) in [5.74, 6) is -0.251. The fraction of sp³-hybridized carbons (Fsp3) is 0.909. The summed E-state index contributed by atoms with van der Waals surface area (Å²) in [7, 11) is 0. The zero-order chi connectivity index (χ0) is 19.8. The highest BCUT2D eigenvalue weighted by Crippen LogP contribution is 2.61. The van der Waals surface area contributed by atoms with Gasteiger partial charge in [-0.3, -0.25) is 14.5 Å². The Kier molecular flexibility index (Phi) is 4.33. The predicted molar refractivity (Wildman–Crippen MR) is 101 cm³/mol. The normalized spacial score (nSPS) is 53.4. The third-order valence-corrected chi connectivity index (χ3v) is 8.70. The second kappa shape index (κ2) is 6.43. The Morgan fingerprint density at radius 1 is 1.21 bits per heavy atom. The second-order valence-corrected chi connectivity index (χ2v) is 9.98. The molecule has 0 amide bonds. The molecule has 1 aliphatic carbocycles. The number of cyclic esters (lactones) is 1. The number of rotatable bonds is 2. The Morgan fingerprint density at radius 3 is 2.68 bits per heavy atom. The van der Waals surface area contributed by atoms with E-state index in [2.05, 4.69) is 11.8 Å². The average Bonchev–Trinajstić information content (AvgIpc) is 3.16. The first-order valence-corrected chi connectivity index (χ1v) is 11.3. The lowest BCUT2D eigenvalue weighted by molar-refractivity contribution is -0.170. The number of esters is 2. The van der Waals surface area contributed by atoms with Crippen molar-refractivity contribution in [1.29, 1.82) is 0 Å². The van der Waals surface area contributed by atoms with Crippen molar-refractivity contribution >= 4 is 11.9 Å². The number of hydrogen-bond donors (Lipinski definition) is 1. The lowest BCUT2D eigenvalue weighted by Crippen LogP contribution is -2.63. The molecule has 0 radical (unpaired) electrons. The summed E-state index contributed by atoms with van der Waals surface area (Å²) in [6, 6.07) is 0.227. The van der Waals surface area contributed by atoms with E-state index in [-0.39, 0.29) is 53.8 Å². The zero-order valence-corrected chi connectivity index (χ0v) is 17.2. The molecule has 1 saturated carbocycles. The number of hydrogen-bond acceptors (Lipinski definition) is 6. The molecule has 4 aliphatic heterocycles. The Morgan fingerprint density at radius 2 is 2.00 bits per heavy atom. The molecule has 10 unspecified atom stereocenters. The van der Waals surface area contributed by atoms with E-state index in [0.717, 1.165) is 38.6 Å². The quantitative estimate of drug-likeness (QED) is 0.727. The molecule has 5 aliphatic rings. The van der Waals surface area contributed by atoms with Gasteiger partial charge in [0.15, 0.2) is 0 Å². The topological polar surface area (TPSA) is 76.1 Å². The molecule has 4 heterocycles. The first kappa shape index (κ1) is 18.9. The Hall–Kier alpha value is -1.14. The molecule has 0 aromatic rings. The summed E-state index contributed by atoms with van der Waals surface area (Å²) in [6.07, 6.45) is 5.03. The van der Waals surface area contributed by atoms with Crippen molar-refractivity contribution < 1.29 is 24.2 Å². The van der Waals surface area contributed by atoms with Gasteiger partial charge in [0, 0.05) is 12.3 Å².